The van der Waals surface area contributed by atoms with Gasteiger partial charge >= 0.3 is 0 Å². The van der Waals surface area contributed by atoms with Crippen molar-refractivity contribution >= 4 is 23.3 Å². The molecule has 0 atom stereocenters. The van der Waals surface area contributed by atoms with Crippen LogP contribution in [0.5, 0.6) is 0 Å². The van der Waals surface area contributed by atoms with Crippen LogP contribution in [0.25, 0.3) is 0 Å². The largest absolute Gasteiger partial charge is 0.294 e. The van der Waals surface area contributed by atoms with Crippen molar-refractivity contribution in [3.63, 3.8) is 0 Å². The maximum Gasteiger partial charge on any atom is 0.167 e. The Kier molecular flexibility index (Phi) is 6.75. The summed E-state index contributed by atoms with van der Waals surface area (Å²) in [6, 6.07) is 35.0. The summed E-state index contributed by atoms with van der Waals surface area (Å²) in [6.07, 6.45) is 0.817. The Morgan fingerprint density at radius 2 is 0.839 bits per heavy atom. The van der Waals surface area contributed by atoms with Crippen LogP contribution in [-0.2, 0) is 12.8 Å². The Morgan fingerprint density at radius 1 is 0.484 bits per heavy atom. The van der Waals surface area contributed by atoms with E-state index in [-0.39, 0.29) is 11.6 Å². The maximum atomic E-state index is 12.5. The van der Waals surface area contributed by atoms with Gasteiger partial charge in [0.05, 0.1) is 0 Å². The first-order valence-corrected chi connectivity index (χ1v) is 11.0. The molecule has 2 nitrogen and oxygen atoms in total. The summed E-state index contributed by atoms with van der Waals surface area (Å²) in [5.74, 6) is 0.230. The average molecular weight is 423 g/mol. The molecule has 0 heterocycles. The molecule has 0 fully saturated rings. The molecule has 3 heteroatoms. The Balaban J connectivity index is 1.36. The minimum atomic E-state index is 0.115. The number of Topliss-reactive ketones (excluding diaryl/α,β-unsaturated/α-hetero) is 2. The van der Waals surface area contributed by atoms with Crippen LogP contribution in [0.2, 0.25) is 0 Å². The third-order valence-corrected chi connectivity index (χ3v) is 6.02. The topological polar surface area (TPSA) is 34.1 Å². The molecule has 31 heavy (non-hydrogen) atoms. The summed E-state index contributed by atoms with van der Waals surface area (Å²) in [5.41, 5.74) is 3.48. The van der Waals surface area contributed by atoms with Crippen LogP contribution in [0.15, 0.2) is 119 Å². The lowest BCUT2D eigenvalue weighted by Gasteiger charge is -2.06. The first-order valence-electron chi connectivity index (χ1n) is 10.2. The maximum absolute atomic E-state index is 12.5. The normalized spacial score (nSPS) is 10.6. The van der Waals surface area contributed by atoms with Crippen molar-refractivity contribution in [1.82, 2.24) is 0 Å². The minimum absolute atomic E-state index is 0.115. The zero-order valence-electron chi connectivity index (χ0n) is 17.0. The van der Waals surface area contributed by atoms with E-state index in [0.717, 1.165) is 32.0 Å². The van der Waals surface area contributed by atoms with E-state index < -0.39 is 0 Å². The van der Waals surface area contributed by atoms with Crippen molar-refractivity contribution in [2.45, 2.75) is 22.6 Å². The first kappa shape index (κ1) is 20.8. The summed E-state index contributed by atoms with van der Waals surface area (Å²) in [5, 5.41) is 0. The van der Waals surface area contributed by atoms with E-state index in [2.05, 4.69) is 0 Å². The number of benzene rings is 4. The van der Waals surface area contributed by atoms with Crippen molar-refractivity contribution in [2.75, 3.05) is 0 Å². The summed E-state index contributed by atoms with van der Waals surface area (Å²) in [6.45, 7) is 0. The highest BCUT2D eigenvalue weighted by Crippen LogP contribution is 2.28. The number of carbonyl (C=O) groups excluding carboxylic acids is 2. The third kappa shape index (κ3) is 5.80. The molecule has 0 aromatic heterocycles. The lowest BCUT2D eigenvalue weighted by atomic mass is 10.0. The molecule has 152 valence electrons. The zero-order chi connectivity index (χ0) is 21.5. The third-order valence-electron chi connectivity index (χ3n) is 5.00. The molecule has 0 aliphatic heterocycles. The standard InChI is InChI=1S/C28H22O2S/c29-27(19-21-7-3-1-4-8-21)23-11-15-25(16-12-23)31-26-17-13-24(14-18-26)28(30)20-22-9-5-2-6-10-22/h1-18H,19-20H2. The summed E-state index contributed by atoms with van der Waals surface area (Å²) >= 11 is 1.61. The van der Waals surface area contributed by atoms with E-state index in [4.69, 9.17) is 0 Å². The van der Waals surface area contributed by atoms with E-state index in [9.17, 15) is 9.59 Å². The second-order valence-electron chi connectivity index (χ2n) is 7.32. The zero-order valence-corrected chi connectivity index (χ0v) is 17.8. The lowest BCUT2D eigenvalue weighted by Crippen LogP contribution is -2.03. The minimum Gasteiger partial charge on any atom is -0.294 e. The van der Waals surface area contributed by atoms with Crippen LogP contribution >= 0.6 is 11.8 Å². The van der Waals surface area contributed by atoms with Crippen LogP contribution in [0.3, 0.4) is 0 Å². The van der Waals surface area contributed by atoms with E-state index in [1.54, 1.807) is 11.8 Å². The van der Waals surface area contributed by atoms with Gasteiger partial charge in [-0.25, -0.2) is 0 Å². The molecule has 0 spiro atoms. The van der Waals surface area contributed by atoms with Crippen LogP contribution in [0.4, 0.5) is 0 Å². The number of rotatable bonds is 8. The Bertz CT molecular complexity index is 1050. The van der Waals surface area contributed by atoms with E-state index in [1.165, 1.54) is 0 Å². The van der Waals surface area contributed by atoms with Crippen molar-refractivity contribution in [3.8, 4) is 0 Å². The van der Waals surface area contributed by atoms with Gasteiger partial charge in [-0.2, -0.15) is 0 Å². The average Bonchev–Trinajstić information content (AvgIpc) is 2.81. The molecule has 0 N–H and O–H groups in total. The molecule has 0 aliphatic carbocycles. The van der Waals surface area contributed by atoms with Gasteiger partial charge in [0.1, 0.15) is 0 Å². The molecule has 4 rings (SSSR count). The predicted octanol–water partition coefficient (Wildman–Crippen LogP) is 6.69. The van der Waals surface area contributed by atoms with Gasteiger partial charge < -0.3 is 0 Å². The monoisotopic (exact) mass is 422 g/mol. The van der Waals surface area contributed by atoms with Crippen LogP contribution in [0.1, 0.15) is 31.8 Å². The highest BCUT2D eigenvalue weighted by molar-refractivity contribution is 7.99. The van der Waals surface area contributed by atoms with Crippen molar-refractivity contribution in [1.29, 1.82) is 0 Å². The number of hydrogen-bond acceptors (Lipinski definition) is 3. The molecule has 4 aromatic carbocycles. The van der Waals surface area contributed by atoms with Crippen molar-refractivity contribution in [3.05, 3.63) is 131 Å². The molecule has 4 aromatic rings. The SMILES string of the molecule is O=C(Cc1ccccc1)c1ccc(Sc2ccc(C(=O)Cc3ccccc3)cc2)cc1. The second kappa shape index (κ2) is 10.1. The molecule has 0 radical (unpaired) electrons. The van der Waals surface area contributed by atoms with E-state index in [1.807, 2.05) is 109 Å². The number of hydrogen-bond donors (Lipinski definition) is 0. The summed E-state index contributed by atoms with van der Waals surface area (Å²) in [4.78, 5) is 27.1. The van der Waals surface area contributed by atoms with Gasteiger partial charge in [0.25, 0.3) is 0 Å². The van der Waals surface area contributed by atoms with Crippen molar-refractivity contribution in [2.24, 2.45) is 0 Å². The van der Waals surface area contributed by atoms with Gasteiger partial charge in [-0.05, 0) is 35.4 Å². The molecular weight excluding hydrogens is 400 g/mol. The molecule has 0 amide bonds. The van der Waals surface area contributed by atoms with Gasteiger partial charge in [-0.3, -0.25) is 9.59 Å². The van der Waals surface area contributed by atoms with Crippen LogP contribution in [0, 0.1) is 0 Å². The quantitative estimate of drug-likeness (QED) is 0.297. The van der Waals surface area contributed by atoms with Gasteiger partial charge in [0.2, 0.25) is 0 Å². The number of ketones is 2. The Labute approximate surface area is 187 Å². The lowest BCUT2D eigenvalue weighted by molar-refractivity contribution is 0.0984. The summed E-state index contributed by atoms with van der Waals surface area (Å²) < 4.78 is 0. The number of carbonyl (C=O) groups is 2. The molecule has 0 saturated carbocycles. The van der Waals surface area contributed by atoms with Crippen molar-refractivity contribution < 1.29 is 9.59 Å². The summed E-state index contributed by atoms with van der Waals surface area (Å²) in [7, 11) is 0. The molecular formula is C28H22O2S. The fourth-order valence-corrected chi connectivity index (χ4v) is 4.14. The van der Waals surface area contributed by atoms with Crippen LogP contribution < -0.4 is 0 Å². The van der Waals surface area contributed by atoms with Gasteiger partial charge in [0.15, 0.2) is 11.6 Å². The van der Waals surface area contributed by atoms with Gasteiger partial charge in [-0.1, -0.05) is 96.7 Å². The Morgan fingerprint density at radius 3 is 1.19 bits per heavy atom. The van der Waals surface area contributed by atoms with Gasteiger partial charge in [-0.15, -0.1) is 0 Å². The smallest absolute Gasteiger partial charge is 0.167 e. The predicted molar refractivity (Wildman–Crippen MR) is 126 cm³/mol. The van der Waals surface area contributed by atoms with Gasteiger partial charge in [0, 0.05) is 33.8 Å². The molecule has 0 saturated heterocycles. The van der Waals surface area contributed by atoms with E-state index >= 15 is 0 Å². The molecule has 0 bridgehead atoms. The second-order valence-corrected chi connectivity index (χ2v) is 8.47. The molecule has 0 unspecified atom stereocenters. The Hall–Kier alpha value is -3.43. The highest BCUT2D eigenvalue weighted by atomic mass is 32.2. The fraction of sp³-hybridized carbons (Fsp3) is 0.0714. The van der Waals surface area contributed by atoms with E-state index in [0.29, 0.717) is 12.8 Å². The molecule has 0 aliphatic rings. The highest BCUT2D eigenvalue weighted by Gasteiger charge is 2.09. The fourth-order valence-electron chi connectivity index (χ4n) is 3.32. The first-order chi connectivity index (χ1) is 15.2. The van der Waals surface area contributed by atoms with Crippen LogP contribution in [-0.4, -0.2) is 11.6 Å².